The van der Waals surface area contributed by atoms with Crippen molar-refractivity contribution >= 4 is 6.03 Å². The summed E-state index contributed by atoms with van der Waals surface area (Å²) in [5.74, 6) is 1.25. The van der Waals surface area contributed by atoms with E-state index in [9.17, 15) is 4.79 Å². The first kappa shape index (κ1) is 16.6. The Hall–Kier alpha value is -2.43. The Balaban J connectivity index is 2.50. The van der Waals surface area contributed by atoms with Crippen molar-refractivity contribution in [1.29, 1.82) is 0 Å². The minimum Gasteiger partial charge on any atom is -0.490 e. The van der Waals surface area contributed by atoms with Gasteiger partial charge in [-0.25, -0.2) is 4.79 Å². The molecule has 5 heteroatoms. The van der Waals surface area contributed by atoms with Crippen molar-refractivity contribution in [2.75, 3.05) is 26.4 Å². The van der Waals surface area contributed by atoms with Crippen LogP contribution >= 0.6 is 0 Å². The van der Waals surface area contributed by atoms with Crippen LogP contribution in [-0.2, 0) is 0 Å². The lowest BCUT2D eigenvalue weighted by Crippen LogP contribution is -2.41. The highest BCUT2D eigenvalue weighted by atomic mass is 16.5. The van der Waals surface area contributed by atoms with Gasteiger partial charge in [0.2, 0.25) is 0 Å². The number of carbonyl (C=O) groups is 1. The predicted molar refractivity (Wildman–Crippen MR) is 83.6 cm³/mol. The number of hydrogen-bond acceptors (Lipinski definition) is 3. The van der Waals surface area contributed by atoms with Gasteiger partial charge < -0.3 is 19.7 Å². The average molecular weight is 290 g/mol. The molecule has 0 aliphatic carbocycles. The van der Waals surface area contributed by atoms with Crippen molar-refractivity contribution in [2.24, 2.45) is 0 Å². The van der Waals surface area contributed by atoms with Gasteiger partial charge in [0.1, 0.15) is 0 Å². The number of nitrogens with zero attached hydrogens (tertiary/aromatic N) is 1. The van der Waals surface area contributed by atoms with Gasteiger partial charge in [0.05, 0.1) is 6.61 Å². The molecular weight excluding hydrogens is 268 g/mol. The number of rotatable bonds is 9. The lowest BCUT2D eigenvalue weighted by atomic mass is 10.3. The number of benzene rings is 1. The molecule has 0 spiro atoms. The number of carbonyl (C=O) groups excluding carboxylic acids is 1. The zero-order chi connectivity index (χ0) is 15.5. The Morgan fingerprint density at radius 1 is 1.19 bits per heavy atom. The fourth-order valence-electron chi connectivity index (χ4n) is 1.68. The number of hydrogen-bond donors (Lipinski definition) is 1. The van der Waals surface area contributed by atoms with Crippen LogP contribution < -0.4 is 14.8 Å². The molecule has 1 aromatic carbocycles. The van der Waals surface area contributed by atoms with Gasteiger partial charge in [-0.2, -0.15) is 0 Å². The van der Waals surface area contributed by atoms with Gasteiger partial charge >= 0.3 is 6.03 Å². The highest BCUT2D eigenvalue weighted by Crippen LogP contribution is 2.25. The molecule has 0 unspecified atom stereocenters. The highest BCUT2D eigenvalue weighted by molar-refractivity contribution is 5.74. The van der Waals surface area contributed by atoms with Gasteiger partial charge in [-0.1, -0.05) is 24.3 Å². The van der Waals surface area contributed by atoms with E-state index in [2.05, 4.69) is 18.5 Å². The van der Waals surface area contributed by atoms with Crippen molar-refractivity contribution in [1.82, 2.24) is 10.2 Å². The molecule has 1 N–H and O–H groups in total. The third-order valence-electron chi connectivity index (χ3n) is 2.59. The summed E-state index contributed by atoms with van der Waals surface area (Å²) < 4.78 is 11.0. The topological polar surface area (TPSA) is 50.8 Å². The standard InChI is InChI=1S/C16H22N2O3/c1-4-11-18(12-5-2)16(19)17-13-21-15-10-8-7-9-14(15)20-6-3/h4-5,7-10H,1-2,6,11-13H2,3H3,(H,17,19). The fraction of sp³-hybridized carbons (Fsp3) is 0.312. The smallest absolute Gasteiger partial charge is 0.320 e. The van der Waals surface area contributed by atoms with E-state index in [0.29, 0.717) is 31.2 Å². The normalized spacial score (nSPS) is 9.57. The summed E-state index contributed by atoms with van der Waals surface area (Å²) in [6, 6.07) is 7.10. The molecule has 0 aromatic heterocycles. The summed E-state index contributed by atoms with van der Waals surface area (Å²) in [6.07, 6.45) is 3.32. The minimum absolute atomic E-state index is 0.0632. The fourth-order valence-corrected chi connectivity index (χ4v) is 1.68. The zero-order valence-corrected chi connectivity index (χ0v) is 12.4. The molecule has 1 rings (SSSR count). The number of nitrogens with one attached hydrogen (secondary N) is 1. The zero-order valence-electron chi connectivity index (χ0n) is 12.4. The van der Waals surface area contributed by atoms with Gasteiger partial charge in [0.25, 0.3) is 0 Å². The van der Waals surface area contributed by atoms with Crippen molar-refractivity contribution in [3.05, 3.63) is 49.6 Å². The summed E-state index contributed by atoms with van der Waals surface area (Å²) in [7, 11) is 0. The Bertz CT molecular complexity index is 464. The second-order valence-corrected chi connectivity index (χ2v) is 4.13. The molecule has 5 nitrogen and oxygen atoms in total. The van der Waals surface area contributed by atoms with Crippen LogP contribution in [0.15, 0.2) is 49.6 Å². The quantitative estimate of drug-likeness (QED) is 0.562. The first-order valence-electron chi connectivity index (χ1n) is 6.82. The lowest BCUT2D eigenvalue weighted by Gasteiger charge is -2.20. The minimum atomic E-state index is -0.233. The van der Waals surface area contributed by atoms with Crippen LogP contribution in [0, 0.1) is 0 Å². The molecule has 0 aliphatic heterocycles. The molecule has 0 aliphatic rings. The number of urea groups is 1. The van der Waals surface area contributed by atoms with Crippen LogP contribution in [0.4, 0.5) is 4.79 Å². The molecule has 0 fully saturated rings. The first-order chi connectivity index (χ1) is 10.2. The van der Waals surface area contributed by atoms with Crippen molar-refractivity contribution in [2.45, 2.75) is 6.92 Å². The largest absolute Gasteiger partial charge is 0.490 e. The maximum absolute atomic E-state index is 11.9. The van der Waals surface area contributed by atoms with Gasteiger partial charge in [-0.3, -0.25) is 0 Å². The Morgan fingerprint density at radius 2 is 1.76 bits per heavy atom. The van der Waals surface area contributed by atoms with Crippen LogP contribution in [0.3, 0.4) is 0 Å². The molecule has 0 saturated carbocycles. The molecule has 2 amide bonds. The number of para-hydroxylation sites is 2. The van der Waals surface area contributed by atoms with E-state index in [0.717, 1.165) is 0 Å². The molecule has 114 valence electrons. The Kier molecular flexibility index (Phi) is 7.50. The van der Waals surface area contributed by atoms with Gasteiger partial charge in [-0.05, 0) is 19.1 Å². The van der Waals surface area contributed by atoms with E-state index in [1.807, 2.05) is 25.1 Å². The van der Waals surface area contributed by atoms with Crippen molar-refractivity contribution in [3.63, 3.8) is 0 Å². The Morgan fingerprint density at radius 3 is 2.29 bits per heavy atom. The average Bonchev–Trinajstić information content (AvgIpc) is 2.49. The van der Waals surface area contributed by atoms with E-state index in [1.165, 1.54) is 0 Å². The molecule has 1 aromatic rings. The summed E-state index contributed by atoms with van der Waals surface area (Å²) in [5, 5.41) is 2.68. The second kappa shape index (κ2) is 9.47. The summed E-state index contributed by atoms with van der Waals surface area (Å²) >= 11 is 0. The lowest BCUT2D eigenvalue weighted by molar-refractivity contribution is 0.191. The number of ether oxygens (including phenoxy) is 2. The van der Waals surface area contributed by atoms with Crippen LogP contribution in [0.1, 0.15) is 6.92 Å². The van der Waals surface area contributed by atoms with Crippen LogP contribution in [-0.4, -0.2) is 37.4 Å². The van der Waals surface area contributed by atoms with E-state index in [-0.39, 0.29) is 12.8 Å². The highest BCUT2D eigenvalue weighted by Gasteiger charge is 2.10. The van der Waals surface area contributed by atoms with E-state index < -0.39 is 0 Å². The second-order valence-electron chi connectivity index (χ2n) is 4.13. The monoisotopic (exact) mass is 290 g/mol. The first-order valence-corrected chi connectivity index (χ1v) is 6.82. The summed E-state index contributed by atoms with van der Waals surface area (Å²) in [4.78, 5) is 13.5. The third-order valence-corrected chi connectivity index (χ3v) is 2.59. The molecule has 0 radical (unpaired) electrons. The maximum Gasteiger partial charge on any atom is 0.320 e. The van der Waals surface area contributed by atoms with Crippen molar-refractivity contribution < 1.29 is 14.3 Å². The van der Waals surface area contributed by atoms with E-state index in [4.69, 9.17) is 9.47 Å². The van der Waals surface area contributed by atoms with Crippen molar-refractivity contribution in [3.8, 4) is 11.5 Å². The van der Waals surface area contributed by atoms with E-state index >= 15 is 0 Å². The van der Waals surface area contributed by atoms with Gasteiger partial charge in [0.15, 0.2) is 18.2 Å². The SMILES string of the molecule is C=CCN(CC=C)C(=O)NCOc1ccccc1OCC. The number of amides is 2. The van der Waals surface area contributed by atoms with Gasteiger partial charge in [0, 0.05) is 13.1 Å². The third kappa shape index (κ3) is 5.60. The van der Waals surface area contributed by atoms with E-state index in [1.54, 1.807) is 23.1 Å². The van der Waals surface area contributed by atoms with Gasteiger partial charge in [-0.15, -0.1) is 13.2 Å². The van der Waals surface area contributed by atoms with Crippen LogP contribution in [0.25, 0.3) is 0 Å². The summed E-state index contributed by atoms with van der Waals surface area (Å²) in [6.45, 7) is 10.7. The molecule has 0 heterocycles. The molecule has 0 bridgehead atoms. The maximum atomic E-state index is 11.9. The molecule has 0 saturated heterocycles. The summed E-state index contributed by atoms with van der Waals surface area (Å²) in [5.41, 5.74) is 0. The molecular formula is C16H22N2O3. The molecule has 21 heavy (non-hydrogen) atoms. The van der Waals surface area contributed by atoms with Crippen LogP contribution in [0.2, 0.25) is 0 Å². The predicted octanol–water partition coefficient (Wildman–Crippen LogP) is 2.81. The molecule has 0 atom stereocenters. The Labute approximate surface area is 125 Å². The van der Waals surface area contributed by atoms with Crippen LogP contribution in [0.5, 0.6) is 11.5 Å².